The Labute approximate surface area is 144 Å². The first-order chi connectivity index (χ1) is 11.9. The number of hydrogen-bond acceptors (Lipinski definition) is 3. The van der Waals surface area contributed by atoms with Gasteiger partial charge in [0, 0.05) is 13.0 Å². The zero-order chi connectivity index (χ0) is 23.2. The summed E-state index contributed by atoms with van der Waals surface area (Å²) in [7, 11) is -2.97. The maximum atomic E-state index is 13.3. The van der Waals surface area contributed by atoms with Crippen LogP contribution in [0.2, 0.25) is 0 Å². The van der Waals surface area contributed by atoms with Crippen LogP contribution in [0.5, 0.6) is 0 Å². The Hall–Kier alpha value is -1.11. The van der Waals surface area contributed by atoms with Crippen molar-refractivity contribution in [3.63, 3.8) is 0 Å². The van der Waals surface area contributed by atoms with Crippen molar-refractivity contribution in [2.75, 3.05) is 6.61 Å². The number of alkyl halides is 15. The molecule has 0 fully saturated rings. The Kier molecular flexibility index (Phi) is 7.01. The lowest BCUT2D eigenvalue weighted by molar-refractivity contribution is -0.457. The first-order valence-electron chi connectivity index (χ1n) is 6.23. The third-order valence-corrected chi connectivity index (χ3v) is 3.14. The van der Waals surface area contributed by atoms with Crippen molar-refractivity contribution in [2.24, 2.45) is 0 Å². The molecule has 0 radical (unpaired) electrons. The van der Waals surface area contributed by atoms with Gasteiger partial charge in [0.2, 0.25) is 0 Å². The molecule has 0 aromatic carbocycles. The van der Waals surface area contributed by atoms with Gasteiger partial charge >= 0.3 is 49.0 Å². The predicted octanol–water partition coefficient (Wildman–Crippen LogP) is 3.74. The molecule has 0 saturated carbocycles. The minimum absolute atomic E-state index is 2.01. The molecular weight excluding hydrogens is 452 g/mol. The average Bonchev–Trinajstić information content (AvgIpc) is 2.42. The largest absolute Gasteiger partial charge is 0.633 e. The van der Waals surface area contributed by atoms with Gasteiger partial charge in [0.1, 0.15) is 0 Å². The molecule has 0 amide bonds. The normalized spacial score (nSPS) is 15.8. The quantitative estimate of drug-likeness (QED) is 0.431. The van der Waals surface area contributed by atoms with E-state index in [1.165, 1.54) is 0 Å². The van der Waals surface area contributed by atoms with Crippen LogP contribution in [0.15, 0.2) is 0 Å². The van der Waals surface area contributed by atoms with Crippen molar-refractivity contribution in [3.8, 4) is 0 Å². The van der Waals surface area contributed by atoms with Crippen LogP contribution in [-0.4, -0.2) is 65.7 Å². The predicted molar refractivity (Wildman–Crippen MR) is 56.5 cm³/mol. The molecule has 0 heterocycles. The maximum Gasteiger partial charge on any atom is 0.633 e. The lowest BCUT2D eigenvalue weighted by Crippen LogP contribution is -2.75. The van der Waals surface area contributed by atoms with Crippen molar-refractivity contribution >= 4 is 7.32 Å². The lowest BCUT2D eigenvalue weighted by Gasteiger charge is -2.43. The van der Waals surface area contributed by atoms with Gasteiger partial charge in [-0.05, 0) is 0 Å². The lowest BCUT2D eigenvalue weighted by atomic mass is 9.85. The van der Waals surface area contributed by atoms with Gasteiger partial charge in [-0.1, -0.05) is 0 Å². The van der Waals surface area contributed by atoms with E-state index in [0.717, 1.165) is 0 Å². The molecule has 0 aromatic heterocycles. The maximum absolute atomic E-state index is 13.3. The van der Waals surface area contributed by atoms with E-state index in [-0.39, 0.29) is 0 Å². The molecule has 168 valence electrons. The van der Waals surface area contributed by atoms with Gasteiger partial charge in [-0.25, -0.2) is 4.39 Å². The van der Waals surface area contributed by atoms with Gasteiger partial charge in [0.25, 0.3) is 0 Å². The Bertz CT molecular complexity index is 526. The van der Waals surface area contributed by atoms with E-state index in [1.54, 1.807) is 0 Å². The first kappa shape index (κ1) is 26.9. The number of hydrogen-bond donors (Lipinski definition) is 2. The zero-order valence-electron chi connectivity index (χ0n) is 12.5. The highest BCUT2D eigenvalue weighted by Crippen LogP contribution is 2.64. The Morgan fingerprint density at radius 2 is 0.929 bits per heavy atom. The molecule has 0 rings (SSSR count). The molecule has 0 aliphatic rings. The standard InChI is InChI=1S/C9H6BF15O3/c11-3(12,1-2-28-10(26)27)5(14,15)7(18,19)6(16,17)4(13,8(20,21)22)9(23,24)25/h26-27H,1-2H2. The first-order valence-corrected chi connectivity index (χ1v) is 6.23. The summed E-state index contributed by atoms with van der Waals surface area (Å²) in [5, 5.41) is 16.1. The monoisotopic (exact) mass is 458 g/mol. The summed E-state index contributed by atoms with van der Waals surface area (Å²) < 4.78 is 195. The van der Waals surface area contributed by atoms with E-state index < -0.39 is 62.1 Å². The van der Waals surface area contributed by atoms with Gasteiger partial charge in [-0.3, -0.25) is 0 Å². The van der Waals surface area contributed by atoms with Crippen LogP contribution in [0.3, 0.4) is 0 Å². The third-order valence-electron chi connectivity index (χ3n) is 3.14. The fourth-order valence-corrected chi connectivity index (χ4v) is 1.61. The van der Waals surface area contributed by atoms with Gasteiger partial charge in [-0.2, -0.15) is 61.5 Å². The van der Waals surface area contributed by atoms with E-state index in [2.05, 4.69) is 4.65 Å². The molecule has 3 nitrogen and oxygen atoms in total. The second-order valence-electron chi connectivity index (χ2n) is 5.03. The highest BCUT2D eigenvalue weighted by molar-refractivity contribution is 6.32. The molecule has 0 unspecified atom stereocenters. The molecule has 0 atom stereocenters. The van der Waals surface area contributed by atoms with Crippen LogP contribution in [0.25, 0.3) is 0 Å². The summed E-state index contributed by atoms with van der Waals surface area (Å²) >= 11 is 0. The summed E-state index contributed by atoms with van der Waals surface area (Å²) in [5.41, 5.74) is -8.34. The number of rotatable bonds is 8. The van der Waals surface area contributed by atoms with Crippen molar-refractivity contribution < 1.29 is 80.6 Å². The minimum Gasteiger partial charge on any atom is -0.402 e. The summed E-state index contributed by atoms with van der Waals surface area (Å²) in [6, 6.07) is 0. The highest BCUT2D eigenvalue weighted by Gasteiger charge is 2.95. The Morgan fingerprint density at radius 1 is 0.571 bits per heavy atom. The molecule has 19 heteroatoms. The minimum atomic E-state index is -8.47. The van der Waals surface area contributed by atoms with E-state index >= 15 is 0 Å². The SMILES string of the molecule is OB(O)OCCC(F)(F)C(F)(F)C(F)(F)C(F)(F)C(F)(C(F)(F)F)C(F)(F)F. The molecule has 2 N–H and O–H groups in total. The second-order valence-corrected chi connectivity index (χ2v) is 5.03. The van der Waals surface area contributed by atoms with Crippen LogP contribution in [0.1, 0.15) is 6.42 Å². The van der Waals surface area contributed by atoms with Crippen molar-refractivity contribution in [3.05, 3.63) is 0 Å². The second kappa shape index (κ2) is 7.30. The van der Waals surface area contributed by atoms with Crippen molar-refractivity contribution in [2.45, 2.75) is 48.1 Å². The molecule has 0 aliphatic carbocycles. The van der Waals surface area contributed by atoms with Crippen molar-refractivity contribution in [1.82, 2.24) is 0 Å². The van der Waals surface area contributed by atoms with Gasteiger partial charge < -0.3 is 14.7 Å². The van der Waals surface area contributed by atoms with E-state index in [9.17, 15) is 65.9 Å². The van der Waals surface area contributed by atoms with Crippen LogP contribution >= 0.6 is 0 Å². The summed E-state index contributed by atoms with van der Waals surface area (Å²) in [4.78, 5) is 0. The molecule has 0 spiro atoms. The summed E-state index contributed by atoms with van der Waals surface area (Å²) in [5.74, 6) is -30.9. The van der Waals surface area contributed by atoms with Crippen LogP contribution in [0.4, 0.5) is 65.9 Å². The Balaban J connectivity index is 6.37. The smallest absolute Gasteiger partial charge is 0.402 e. The van der Waals surface area contributed by atoms with Crippen LogP contribution in [-0.2, 0) is 4.65 Å². The highest BCUT2D eigenvalue weighted by atomic mass is 19.4. The van der Waals surface area contributed by atoms with Crippen LogP contribution in [0, 0.1) is 0 Å². The third kappa shape index (κ3) is 3.96. The topological polar surface area (TPSA) is 49.7 Å². The molecule has 0 bridgehead atoms. The fourth-order valence-electron chi connectivity index (χ4n) is 1.61. The van der Waals surface area contributed by atoms with Crippen LogP contribution < -0.4 is 0 Å². The molecule has 0 aliphatic heterocycles. The molecular formula is C9H6BF15O3. The molecule has 0 saturated heterocycles. The van der Waals surface area contributed by atoms with E-state index in [4.69, 9.17) is 10.0 Å². The average molecular weight is 458 g/mol. The van der Waals surface area contributed by atoms with Gasteiger partial charge in [0.05, 0.1) is 0 Å². The molecule has 0 aromatic rings. The molecule has 28 heavy (non-hydrogen) atoms. The zero-order valence-corrected chi connectivity index (χ0v) is 12.5. The number of halogens is 15. The van der Waals surface area contributed by atoms with Gasteiger partial charge in [0.15, 0.2) is 0 Å². The summed E-state index contributed by atoms with van der Waals surface area (Å²) in [6.07, 6.45) is -18.8. The van der Waals surface area contributed by atoms with E-state index in [1.807, 2.05) is 0 Å². The summed E-state index contributed by atoms with van der Waals surface area (Å²) in [6.45, 7) is -2.01. The van der Waals surface area contributed by atoms with Gasteiger partial charge in [-0.15, -0.1) is 0 Å². The van der Waals surface area contributed by atoms with Crippen molar-refractivity contribution in [1.29, 1.82) is 0 Å². The fraction of sp³-hybridized carbons (Fsp3) is 1.00. The van der Waals surface area contributed by atoms with E-state index in [0.29, 0.717) is 0 Å². The Morgan fingerprint density at radius 3 is 1.21 bits per heavy atom.